The van der Waals surface area contributed by atoms with E-state index in [9.17, 15) is 14.9 Å². The van der Waals surface area contributed by atoms with Gasteiger partial charge in [0.05, 0.1) is 0 Å². The molecule has 0 bridgehead atoms. The van der Waals surface area contributed by atoms with Crippen molar-refractivity contribution in [1.29, 1.82) is 5.26 Å². The van der Waals surface area contributed by atoms with Crippen LogP contribution in [0.1, 0.15) is 46.9 Å². The van der Waals surface area contributed by atoms with Crippen LogP contribution in [0, 0.1) is 39.0 Å². The van der Waals surface area contributed by atoms with Crippen LogP contribution in [0.5, 0.6) is 0 Å². The quantitative estimate of drug-likeness (QED) is 0.896. The Labute approximate surface area is 154 Å². The van der Waals surface area contributed by atoms with Gasteiger partial charge < -0.3 is 9.88 Å². The second kappa shape index (κ2) is 8.01. The Bertz CT molecular complexity index is 935. The Balaban J connectivity index is 2.27. The first-order valence-electron chi connectivity index (χ1n) is 8.80. The number of carbonyl (C=O) groups excluding carboxylic acids is 1. The Kier molecular flexibility index (Phi) is 5.99. The van der Waals surface area contributed by atoms with Gasteiger partial charge in [0.15, 0.2) is 0 Å². The normalized spacial score (nSPS) is 10.5. The van der Waals surface area contributed by atoms with Gasteiger partial charge in [0.2, 0.25) is 5.91 Å². The molecule has 2 aromatic rings. The van der Waals surface area contributed by atoms with Gasteiger partial charge in [0, 0.05) is 24.3 Å². The molecular weight excluding hydrogens is 326 g/mol. The topological polar surface area (TPSA) is 77.0 Å². The third-order valence-electron chi connectivity index (χ3n) is 4.78. The van der Waals surface area contributed by atoms with Crippen molar-refractivity contribution in [2.45, 2.75) is 47.5 Å². The van der Waals surface area contributed by atoms with Crippen LogP contribution >= 0.6 is 0 Å². The summed E-state index contributed by atoms with van der Waals surface area (Å²) in [6, 6.07) is 8.04. The lowest BCUT2D eigenvalue weighted by Gasteiger charge is -2.24. The van der Waals surface area contributed by atoms with Gasteiger partial charge in [0.1, 0.15) is 11.6 Å². The molecule has 5 nitrogen and oxygen atoms in total. The summed E-state index contributed by atoms with van der Waals surface area (Å²) in [5.74, 6) is 0.0321. The maximum Gasteiger partial charge on any atom is 0.266 e. The number of benzene rings is 1. The van der Waals surface area contributed by atoms with Crippen LogP contribution in [0.25, 0.3) is 0 Å². The second-order valence-electron chi connectivity index (χ2n) is 6.60. The first kappa shape index (κ1) is 19.5. The lowest BCUT2D eigenvalue weighted by molar-refractivity contribution is -0.118. The number of rotatable bonds is 5. The number of nitrogens with zero attached hydrogens (tertiary/aromatic N) is 2. The van der Waals surface area contributed by atoms with Crippen molar-refractivity contribution in [3.8, 4) is 6.07 Å². The average molecular weight is 351 g/mol. The molecule has 1 N–H and O–H groups in total. The van der Waals surface area contributed by atoms with Crippen molar-refractivity contribution >= 4 is 11.6 Å². The van der Waals surface area contributed by atoms with E-state index in [-0.39, 0.29) is 17.0 Å². The number of hydrogen-bond donors (Lipinski definition) is 1. The number of H-pyrrole nitrogens is 1. The van der Waals surface area contributed by atoms with E-state index in [1.54, 1.807) is 18.7 Å². The molecule has 0 fully saturated rings. The number of aromatic amines is 1. The Morgan fingerprint density at radius 1 is 1.23 bits per heavy atom. The van der Waals surface area contributed by atoms with E-state index in [0.29, 0.717) is 30.6 Å². The number of nitriles is 1. The summed E-state index contributed by atoms with van der Waals surface area (Å²) in [5.41, 5.74) is 5.11. The predicted octanol–water partition coefficient (Wildman–Crippen LogP) is 3.47. The number of aryl methyl sites for hydroxylation is 3. The van der Waals surface area contributed by atoms with Crippen LogP contribution in [0.3, 0.4) is 0 Å². The van der Waals surface area contributed by atoms with Gasteiger partial charge in [-0.15, -0.1) is 0 Å². The molecule has 1 aromatic heterocycles. The van der Waals surface area contributed by atoms with Gasteiger partial charge in [-0.3, -0.25) is 9.59 Å². The number of nitrogens with one attached hydrogen (secondary N) is 1. The van der Waals surface area contributed by atoms with E-state index in [1.165, 1.54) is 0 Å². The molecule has 1 aromatic carbocycles. The summed E-state index contributed by atoms with van der Waals surface area (Å²) in [7, 11) is 0. The predicted molar refractivity (Wildman–Crippen MR) is 104 cm³/mol. The Morgan fingerprint density at radius 2 is 1.92 bits per heavy atom. The molecule has 0 aliphatic rings. The first-order chi connectivity index (χ1) is 12.3. The van der Waals surface area contributed by atoms with Crippen molar-refractivity contribution in [1.82, 2.24) is 4.98 Å². The fraction of sp³-hybridized carbons (Fsp3) is 0.381. The Morgan fingerprint density at radius 3 is 2.54 bits per heavy atom. The summed E-state index contributed by atoms with van der Waals surface area (Å²) in [4.78, 5) is 29.2. The van der Waals surface area contributed by atoms with Gasteiger partial charge in [-0.2, -0.15) is 5.26 Å². The minimum atomic E-state index is -0.372. The van der Waals surface area contributed by atoms with Crippen molar-refractivity contribution in [2.75, 3.05) is 11.4 Å². The number of aromatic nitrogens is 1. The summed E-state index contributed by atoms with van der Waals surface area (Å²) < 4.78 is 0. The molecule has 0 spiro atoms. The van der Waals surface area contributed by atoms with E-state index in [0.717, 1.165) is 22.4 Å². The van der Waals surface area contributed by atoms with E-state index < -0.39 is 0 Å². The zero-order valence-corrected chi connectivity index (χ0v) is 16.1. The van der Waals surface area contributed by atoms with Gasteiger partial charge in [-0.25, -0.2) is 0 Å². The number of hydrogen-bond acceptors (Lipinski definition) is 3. The number of anilines is 1. The molecule has 5 heteroatoms. The van der Waals surface area contributed by atoms with Crippen molar-refractivity contribution in [2.24, 2.45) is 0 Å². The maximum atomic E-state index is 12.8. The minimum absolute atomic E-state index is 0.0321. The molecule has 0 aliphatic carbocycles. The molecule has 0 radical (unpaired) electrons. The van der Waals surface area contributed by atoms with Gasteiger partial charge in [0.25, 0.3) is 5.56 Å². The Hall–Kier alpha value is -2.87. The molecule has 1 amide bonds. The second-order valence-corrected chi connectivity index (χ2v) is 6.60. The monoisotopic (exact) mass is 351 g/mol. The fourth-order valence-electron chi connectivity index (χ4n) is 3.28. The molecule has 0 saturated carbocycles. The number of carbonyl (C=O) groups is 1. The maximum absolute atomic E-state index is 12.8. The molecule has 26 heavy (non-hydrogen) atoms. The van der Waals surface area contributed by atoms with Crippen LogP contribution in [0.2, 0.25) is 0 Å². The van der Waals surface area contributed by atoms with Crippen LogP contribution < -0.4 is 10.5 Å². The number of amides is 1. The van der Waals surface area contributed by atoms with Crippen LogP contribution in [-0.4, -0.2) is 17.4 Å². The van der Waals surface area contributed by atoms with E-state index in [4.69, 9.17) is 0 Å². The van der Waals surface area contributed by atoms with E-state index in [2.05, 4.69) is 4.98 Å². The summed E-state index contributed by atoms with van der Waals surface area (Å²) in [5, 5.41) is 9.18. The van der Waals surface area contributed by atoms with Gasteiger partial charge in [-0.1, -0.05) is 12.1 Å². The highest BCUT2D eigenvalue weighted by Crippen LogP contribution is 2.23. The average Bonchev–Trinajstić information content (AvgIpc) is 2.58. The zero-order chi connectivity index (χ0) is 19.4. The van der Waals surface area contributed by atoms with Crippen molar-refractivity contribution < 1.29 is 4.79 Å². The zero-order valence-electron chi connectivity index (χ0n) is 16.1. The van der Waals surface area contributed by atoms with Crippen molar-refractivity contribution in [3.63, 3.8) is 0 Å². The van der Waals surface area contributed by atoms with E-state index >= 15 is 0 Å². The standard InChI is InChI=1S/C21H25N3O2/c1-6-24(19-11-13(2)7-8-14(19)3)20(25)10-9-17-15(4)18(12-22)21(26)23-16(17)5/h7-8,11H,6,9-10H2,1-5H3,(H,23,26). The molecule has 0 unspecified atom stereocenters. The highest BCUT2D eigenvalue weighted by atomic mass is 16.2. The highest BCUT2D eigenvalue weighted by Gasteiger charge is 2.18. The molecule has 2 rings (SSSR count). The third kappa shape index (κ3) is 3.85. The van der Waals surface area contributed by atoms with Gasteiger partial charge >= 0.3 is 0 Å². The van der Waals surface area contributed by atoms with Crippen LogP contribution in [0.15, 0.2) is 23.0 Å². The van der Waals surface area contributed by atoms with Crippen molar-refractivity contribution in [3.05, 3.63) is 62.1 Å². The van der Waals surface area contributed by atoms with Gasteiger partial charge in [-0.05, 0) is 69.4 Å². The van der Waals surface area contributed by atoms with Crippen LogP contribution in [-0.2, 0) is 11.2 Å². The minimum Gasteiger partial charge on any atom is -0.325 e. The lowest BCUT2D eigenvalue weighted by Crippen LogP contribution is -2.31. The third-order valence-corrected chi connectivity index (χ3v) is 4.78. The molecular formula is C21H25N3O2. The molecule has 1 heterocycles. The summed E-state index contributed by atoms with van der Waals surface area (Å²) >= 11 is 0. The lowest BCUT2D eigenvalue weighted by atomic mass is 9.98. The molecule has 0 aliphatic heterocycles. The largest absolute Gasteiger partial charge is 0.325 e. The smallest absolute Gasteiger partial charge is 0.266 e. The highest BCUT2D eigenvalue weighted by molar-refractivity contribution is 5.94. The molecule has 136 valence electrons. The first-order valence-corrected chi connectivity index (χ1v) is 8.80. The molecule has 0 saturated heterocycles. The molecule has 0 atom stereocenters. The van der Waals surface area contributed by atoms with Crippen LogP contribution in [0.4, 0.5) is 5.69 Å². The number of pyridine rings is 1. The van der Waals surface area contributed by atoms with E-state index in [1.807, 2.05) is 45.0 Å². The fourth-order valence-corrected chi connectivity index (χ4v) is 3.28. The summed E-state index contributed by atoms with van der Waals surface area (Å²) in [6.07, 6.45) is 0.809. The summed E-state index contributed by atoms with van der Waals surface area (Å²) in [6.45, 7) is 10.1. The SMILES string of the molecule is CCN(C(=O)CCc1c(C)[nH]c(=O)c(C#N)c1C)c1cc(C)ccc1C.